The van der Waals surface area contributed by atoms with Crippen LogP contribution in [0.1, 0.15) is 131 Å². The van der Waals surface area contributed by atoms with Crippen molar-refractivity contribution in [2.24, 2.45) is 0 Å². The Kier molecular flexibility index (Phi) is 11.9. The third kappa shape index (κ3) is 12.2. The van der Waals surface area contributed by atoms with Gasteiger partial charge in [0.05, 0.1) is 42.8 Å². The molecular weight excluding hydrogens is 1350 g/mol. The summed E-state index contributed by atoms with van der Waals surface area (Å²) in [6.45, 7) is 25.6. The Hall–Kier alpha value is -9.45. The predicted molar refractivity (Wildman–Crippen MR) is 395 cm³/mol. The second-order valence-electron chi connectivity index (χ2n) is 27.9. The predicted octanol–water partition coefficient (Wildman–Crippen LogP) is 19.2. The minimum absolute atomic E-state index is 0. The van der Waals surface area contributed by atoms with Crippen LogP contribution in [0.3, 0.4) is 0 Å². The number of imidazole rings is 1. The third-order valence-corrected chi connectivity index (χ3v) is 21.5. The molecule has 0 fully saturated rings. The van der Waals surface area contributed by atoms with Crippen molar-refractivity contribution in [3.05, 3.63) is 307 Å². The Labute approximate surface area is 603 Å². The topological polar surface area (TPSA) is 35.9 Å². The van der Waals surface area contributed by atoms with E-state index in [1.165, 1.54) is 0 Å². The van der Waals surface area contributed by atoms with Crippen LogP contribution in [0.4, 0.5) is 0 Å². The summed E-state index contributed by atoms with van der Waals surface area (Å²) in [6.07, 6.45) is 5.51. The molecule has 0 unspecified atom stereocenters. The van der Waals surface area contributed by atoms with Crippen LogP contribution in [-0.2, 0) is 42.7 Å². The monoisotopic (exact) mass is 1450 g/mol. The second-order valence-corrected chi connectivity index (χ2v) is 31.4. The summed E-state index contributed by atoms with van der Waals surface area (Å²) in [4.78, 5) is 4.89. The molecule has 0 amide bonds. The number of ether oxygens (including phenoxy) is 1. The van der Waals surface area contributed by atoms with E-state index in [2.05, 4.69) is 143 Å². The van der Waals surface area contributed by atoms with E-state index in [0.29, 0.717) is 39.4 Å². The summed E-state index contributed by atoms with van der Waals surface area (Å²) in [5.74, 6) is 1.36. The van der Waals surface area contributed by atoms with Gasteiger partial charge in [-0.05, 0) is 133 Å². The van der Waals surface area contributed by atoms with Gasteiger partial charge in [0.25, 0.3) is 6.33 Å². The summed E-state index contributed by atoms with van der Waals surface area (Å²) in [6, 6.07) is 34.3. The number of benzene rings is 11. The van der Waals surface area contributed by atoms with E-state index in [0.717, 1.165) is 55.2 Å². The maximum atomic E-state index is 11.1. The number of rotatable bonds is 12. The summed E-state index contributed by atoms with van der Waals surface area (Å²) in [5.41, 5.74) is 8.52. The van der Waals surface area contributed by atoms with Crippen molar-refractivity contribution in [1.29, 1.82) is 0 Å². The number of nitrogens with zero attached hydrogens (tertiary/aromatic N) is 4. The van der Waals surface area contributed by atoms with Crippen LogP contribution in [0.5, 0.6) is 11.5 Å². The van der Waals surface area contributed by atoms with E-state index in [1.807, 2.05) is 97.2 Å². The fourth-order valence-electron chi connectivity index (χ4n) is 12.3. The van der Waals surface area contributed by atoms with E-state index in [9.17, 15) is 21.9 Å². The zero-order valence-corrected chi connectivity index (χ0v) is 58.2. The zero-order valence-electron chi connectivity index (χ0n) is 73.9. The fourth-order valence-corrected chi connectivity index (χ4v) is 15.9. The largest absolute Gasteiger partial charge is 0.510 e. The van der Waals surface area contributed by atoms with Crippen LogP contribution in [0.25, 0.3) is 83.4 Å². The van der Waals surface area contributed by atoms with Gasteiger partial charge in [-0.15, -0.1) is 29.7 Å². The van der Waals surface area contributed by atoms with Crippen LogP contribution in [0.15, 0.2) is 267 Å². The minimum atomic E-state index is -6.29. The van der Waals surface area contributed by atoms with Gasteiger partial charge in [-0.25, -0.2) is 4.98 Å². The van der Waals surface area contributed by atoms with Crippen LogP contribution >= 0.6 is 0 Å². The molecule has 95 heavy (non-hydrogen) atoms. The van der Waals surface area contributed by atoms with Crippen LogP contribution in [0.2, 0.25) is 0 Å². The Balaban J connectivity index is 0.0000113. The summed E-state index contributed by atoms with van der Waals surface area (Å²) < 4.78 is 196. The molecule has 5 nitrogen and oxygen atoms in total. The van der Waals surface area contributed by atoms with E-state index in [1.54, 1.807) is 27.3 Å². The number of para-hydroxylation sites is 2. The normalized spacial score (nSPS) is 15.1. The molecule has 0 bridgehead atoms. The van der Waals surface area contributed by atoms with Gasteiger partial charge in [0.1, 0.15) is 5.82 Å². The number of fused-ring (bicyclic) bond motifs is 4. The fraction of sp³-hybridized carbons (Fsp3) is 0.182. The standard InChI is InChI=1S/C88H80N4OSi.Pt/c1-85(2,3)64-30-24-28-61(50-64)75-41-27-42-76(62-29-25-39-74(53-62)94(71-33-16-13-17-34-71,72-35-18-14-19-36-72)73-37-20-15-21-38-73)84(75)91-59-90(82-54-60(44-47-80(82)91)63-51-66(87(7,8)9)55-67(52-63)88(10,11)12)68-31-26-32-69(57-68)93-70-45-46-78-77-40-22-23-43-79(77)92(81(78)58-70)83-56-65(48-49-89-83)86(4,5)6;/h13-56H,1-12H3;/q-2;/i13D,14D,15D,16D,17D,18D,19D,20D,21D,25D,29D,33D,34D,35D,36D,37D,38D,39D,53D;. The molecule has 0 N–H and O–H groups in total. The van der Waals surface area contributed by atoms with Gasteiger partial charge in [0.2, 0.25) is 0 Å². The number of aromatic nitrogens is 4. The molecule has 7 heteroatoms. The SMILES string of the molecule is [2H]c1c([2H])c([2H])c([Si](c2c([2H])c([2H])c([2H])c([2H])c2[2H])(c2c([2H])c([2H])c([2H])c([2H])c2[2H])c2c([2H])c([2H])c([2H])c(-c3cccc(-c4cccc(C(C)(C)C)c4)c3-[n+]3[c-]n(-c4[c-]c(Oc5[c-]c6c(cc5)c5ccccc5n6-c5cc(C(C)(C)C)ccn5)ccc4)c4cc(-c5cc(C(C)(C)C)cc(C(C)(C)C)c5)ccc43)c2[2H])c([2H])c1[2H].[Pt]. The van der Waals surface area contributed by atoms with Gasteiger partial charge >= 0.3 is 0 Å². The molecule has 0 saturated carbocycles. The van der Waals surface area contributed by atoms with Crippen molar-refractivity contribution in [2.45, 2.75) is 105 Å². The van der Waals surface area contributed by atoms with Crippen molar-refractivity contribution in [1.82, 2.24) is 14.1 Å². The van der Waals surface area contributed by atoms with Crippen molar-refractivity contribution < 1.29 is 56.4 Å². The van der Waals surface area contributed by atoms with Crippen molar-refractivity contribution in [3.8, 4) is 62.1 Å². The van der Waals surface area contributed by atoms with Crippen LogP contribution in [0, 0.1) is 18.5 Å². The average Bonchev–Trinajstić information content (AvgIpc) is 0.825. The maximum Gasteiger partial charge on any atom is 0.268 e. The first-order valence-corrected chi connectivity index (χ1v) is 33.4. The molecule has 0 spiro atoms. The van der Waals surface area contributed by atoms with E-state index >= 15 is 0 Å². The first-order chi connectivity index (χ1) is 53.0. The second kappa shape index (κ2) is 25.0. The summed E-state index contributed by atoms with van der Waals surface area (Å²) >= 11 is 0. The molecule has 3 heterocycles. The van der Waals surface area contributed by atoms with Crippen LogP contribution in [-0.4, -0.2) is 22.2 Å². The Morgan fingerprint density at radius 1 is 0.442 bits per heavy atom. The van der Waals surface area contributed by atoms with Gasteiger partial charge in [0.15, 0.2) is 8.07 Å². The third-order valence-electron chi connectivity index (χ3n) is 17.5. The van der Waals surface area contributed by atoms with E-state index in [4.69, 9.17) is 13.8 Å². The molecule has 0 aliphatic heterocycles. The maximum absolute atomic E-state index is 11.1. The van der Waals surface area contributed by atoms with Crippen molar-refractivity contribution in [3.63, 3.8) is 0 Å². The molecule has 11 aromatic carbocycles. The van der Waals surface area contributed by atoms with E-state index < -0.39 is 155 Å². The molecule has 14 rings (SSSR count). The molecule has 0 radical (unpaired) electrons. The number of hydrogen-bond donors (Lipinski definition) is 0. The molecule has 0 atom stereocenters. The molecule has 0 aliphatic carbocycles. The molecular formula is C88H80N4OPtSi-2. The molecule has 0 saturated heterocycles. The smallest absolute Gasteiger partial charge is 0.268 e. The van der Waals surface area contributed by atoms with Crippen molar-refractivity contribution >= 4 is 61.7 Å². The average molecular weight is 1450 g/mol. The van der Waals surface area contributed by atoms with Gasteiger partial charge in [-0.3, -0.25) is 4.57 Å². The van der Waals surface area contributed by atoms with Gasteiger partial charge < -0.3 is 13.9 Å². The Morgan fingerprint density at radius 3 is 1.65 bits per heavy atom. The molecule has 474 valence electrons. The quantitative estimate of drug-likeness (QED) is 0.0529. The number of pyridine rings is 1. The first kappa shape index (κ1) is 45.0. The first-order valence-electron chi connectivity index (χ1n) is 40.9. The number of hydrogen-bond acceptors (Lipinski definition) is 2. The summed E-state index contributed by atoms with van der Waals surface area (Å²) in [7, 11) is -6.29. The molecule has 3 aromatic heterocycles. The van der Waals surface area contributed by atoms with Gasteiger partial charge in [0, 0.05) is 44.3 Å². The Morgan fingerprint density at radius 2 is 1.01 bits per heavy atom. The van der Waals surface area contributed by atoms with Gasteiger partial charge in [-0.1, -0.05) is 294 Å². The Bertz CT molecular complexity index is 6080. The molecule has 0 aliphatic rings. The summed E-state index contributed by atoms with van der Waals surface area (Å²) in [5, 5.41) is -1.83. The molecule has 14 aromatic rings. The zero-order chi connectivity index (χ0) is 81.8. The van der Waals surface area contributed by atoms with Crippen LogP contribution < -0.4 is 30.1 Å². The van der Waals surface area contributed by atoms with Crippen molar-refractivity contribution in [2.75, 3.05) is 0 Å². The van der Waals surface area contributed by atoms with E-state index in [-0.39, 0.29) is 54.3 Å². The van der Waals surface area contributed by atoms with Gasteiger partial charge in [-0.2, -0.15) is 18.2 Å². The minimum Gasteiger partial charge on any atom is -0.510 e.